The molecular formula is C38H55N7O10. The van der Waals surface area contributed by atoms with Gasteiger partial charge in [-0.3, -0.25) is 29.3 Å². The van der Waals surface area contributed by atoms with Gasteiger partial charge in [-0.15, -0.1) is 0 Å². The molecule has 0 saturated heterocycles. The summed E-state index contributed by atoms with van der Waals surface area (Å²) in [4.78, 5) is 92.9. The Bertz CT molecular complexity index is 1440. The predicted molar refractivity (Wildman–Crippen MR) is 200 cm³/mol. The van der Waals surface area contributed by atoms with Gasteiger partial charge >= 0.3 is 23.9 Å². The van der Waals surface area contributed by atoms with Crippen LogP contribution >= 0.6 is 0 Å². The normalized spacial score (nSPS) is 12.5. The molecule has 55 heavy (non-hydrogen) atoms. The molecule has 7 N–H and O–H groups in total. The van der Waals surface area contributed by atoms with Crippen LogP contribution in [-0.4, -0.2) is 103 Å². The molecule has 4 amide bonds. The number of carboxylic acid groups (broad SMARTS) is 3. The second-order valence-corrected chi connectivity index (χ2v) is 13.3. The van der Waals surface area contributed by atoms with Crippen LogP contribution in [0, 0.1) is 0 Å². The van der Waals surface area contributed by atoms with E-state index < -0.39 is 42.1 Å². The highest BCUT2D eigenvalue weighted by atomic mass is 16.4. The summed E-state index contributed by atoms with van der Waals surface area (Å²) in [5, 5.41) is 37.7. The van der Waals surface area contributed by atoms with Gasteiger partial charge in [0, 0.05) is 51.3 Å². The molecular weight excluding hydrogens is 714 g/mol. The van der Waals surface area contributed by atoms with Crippen molar-refractivity contribution in [2.24, 2.45) is 0 Å². The standard InChI is InChI=1S/C38H55N7O10/c46-27-30(19-20-35(49)50)42-38(55)44-32(37(53)54)15-7-11-23-41-33(47)17-3-1-2-4-18-34(48)43-31(36(51)52)16-8-12-24-45(25-28-13-5-9-21-39-28)26-29-14-6-10-22-40-29/h5-6,9-10,13-14,21-22,27,30-32H,1-4,7-8,11-12,15-20,23-26H2,(H,41,47)(H,43,48)(H,49,50)(H,51,52)(H,53,54)(H2,42,44,55). The predicted octanol–water partition coefficient (Wildman–Crippen LogP) is 3.03. The van der Waals surface area contributed by atoms with E-state index in [9.17, 15) is 43.8 Å². The average Bonchev–Trinajstić information content (AvgIpc) is 3.15. The number of aldehydes is 1. The number of carbonyl (C=O) groups excluding carboxylic acids is 4. The first-order valence-electron chi connectivity index (χ1n) is 18.7. The summed E-state index contributed by atoms with van der Waals surface area (Å²) in [5.41, 5.74) is 1.86. The SMILES string of the molecule is O=CC(CCC(=O)O)NC(=O)NC(CCCCNC(=O)CCCCCCC(=O)NC(CCCCN(Cc1ccccn1)Cc1ccccn1)C(=O)O)C(=O)O. The molecule has 0 spiro atoms. The lowest BCUT2D eigenvalue weighted by Gasteiger charge is -2.22. The summed E-state index contributed by atoms with van der Waals surface area (Å²) in [6.07, 6.45) is 9.08. The summed E-state index contributed by atoms with van der Waals surface area (Å²) >= 11 is 0. The molecule has 0 aliphatic rings. The lowest BCUT2D eigenvalue weighted by molar-refractivity contribution is -0.142. The first-order valence-corrected chi connectivity index (χ1v) is 18.7. The molecule has 0 fully saturated rings. The van der Waals surface area contributed by atoms with E-state index in [2.05, 4.69) is 36.1 Å². The Morgan fingerprint density at radius 3 is 1.73 bits per heavy atom. The van der Waals surface area contributed by atoms with Gasteiger partial charge < -0.3 is 41.4 Å². The van der Waals surface area contributed by atoms with Gasteiger partial charge in [-0.05, 0) is 88.6 Å². The maximum Gasteiger partial charge on any atom is 0.326 e. The third kappa shape index (κ3) is 21.7. The molecule has 0 aliphatic carbocycles. The Labute approximate surface area is 321 Å². The number of aromatic nitrogens is 2. The van der Waals surface area contributed by atoms with Gasteiger partial charge in [0.05, 0.1) is 17.4 Å². The molecule has 0 aromatic carbocycles. The van der Waals surface area contributed by atoms with Crippen LogP contribution in [-0.2, 0) is 41.9 Å². The van der Waals surface area contributed by atoms with Crippen molar-refractivity contribution in [3.63, 3.8) is 0 Å². The molecule has 2 rings (SSSR count). The number of urea groups is 1. The molecule has 3 unspecified atom stereocenters. The van der Waals surface area contributed by atoms with Gasteiger partial charge in [0.2, 0.25) is 11.8 Å². The van der Waals surface area contributed by atoms with E-state index in [1.54, 1.807) is 12.4 Å². The van der Waals surface area contributed by atoms with Gasteiger partial charge in [0.25, 0.3) is 0 Å². The van der Waals surface area contributed by atoms with Crippen LogP contribution < -0.4 is 21.3 Å². The third-order valence-electron chi connectivity index (χ3n) is 8.63. The molecule has 0 saturated carbocycles. The van der Waals surface area contributed by atoms with Crippen molar-refractivity contribution >= 4 is 42.0 Å². The second-order valence-electron chi connectivity index (χ2n) is 13.3. The number of amides is 4. The Hall–Kier alpha value is -5.45. The molecule has 3 atom stereocenters. The zero-order valence-electron chi connectivity index (χ0n) is 31.2. The highest BCUT2D eigenvalue weighted by Gasteiger charge is 2.22. The Balaban J connectivity index is 1.57. The Kier molecular flexibility index (Phi) is 22.6. The fourth-order valence-corrected chi connectivity index (χ4v) is 5.66. The van der Waals surface area contributed by atoms with Gasteiger partial charge in [-0.25, -0.2) is 14.4 Å². The van der Waals surface area contributed by atoms with E-state index in [4.69, 9.17) is 5.11 Å². The van der Waals surface area contributed by atoms with Gasteiger partial charge in [0.15, 0.2) is 0 Å². The lowest BCUT2D eigenvalue weighted by atomic mass is 10.1. The van der Waals surface area contributed by atoms with E-state index in [1.807, 2.05) is 36.4 Å². The van der Waals surface area contributed by atoms with Gasteiger partial charge in [0.1, 0.15) is 18.4 Å². The monoisotopic (exact) mass is 769 g/mol. The molecule has 0 radical (unpaired) electrons. The number of carbonyl (C=O) groups is 7. The number of aliphatic carboxylic acids is 3. The number of carboxylic acids is 3. The number of pyridine rings is 2. The molecule has 2 heterocycles. The average molecular weight is 770 g/mol. The fraction of sp³-hybridized carbons (Fsp3) is 0.553. The van der Waals surface area contributed by atoms with Crippen LogP contribution in [0.2, 0.25) is 0 Å². The Morgan fingerprint density at radius 2 is 1.20 bits per heavy atom. The number of rotatable bonds is 30. The van der Waals surface area contributed by atoms with Crippen molar-refractivity contribution in [3.05, 3.63) is 60.2 Å². The van der Waals surface area contributed by atoms with Gasteiger partial charge in [-0.2, -0.15) is 0 Å². The summed E-state index contributed by atoms with van der Waals surface area (Å²) in [7, 11) is 0. The van der Waals surface area contributed by atoms with Crippen LogP contribution in [0.5, 0.6) is 0 Å². The molecule has 2 aromatic rings. The Morgan fingerprint density at radius 1 is 0.636 bits per heavy atom. The minimum Gasteiger partial charge on any atom is -0.481 e. The third-order valence-corrected chi connectivity index (χ3v) is 8.63. The van der Waals surface area contributed by atoms with E-state index in [0.29, 0.717) is 83.8 Å². The fourth-order valence-electron chi connectivity index (χ4n) is 5.66. The number of hydrogen-bond acceptors (Lipinski definition) is 10. The summed E-state index contributed by atoms with van der Waals surface area (Å²) in [6, 6.07) is 7.38. The number of hydrogen-bond donors (Lipinski definition) is 7. The number of nitrogens with zero attached hydrogens (tertiary/aromatic N) is 3. The van der Waals surface area contributed by atoms with E-state index in [1.165, 1.54) is 0 Å². The van der Waals surface area contributed by atoms with E-state index >= 15 is 0 Å². The first kappa shape index (κ1) is 45.7. The minimum absolute atomic E-state index is 0.0829. The topological polar surface area (TPSA) is 257 Å². The van der Waals surface area contributed by atoms with Crippen LogP contribution in [0.15, 0.2) is 48.8 Å². The molecule has 17 heteroatoms. The smallest absolute Gasteiger partial charge is 0.326 e. The van der Waals surface area contributed by atoms with Crippen molar-refractivity contribution in [1.82, 2.24) is 36.1 Å². The van der Waals surface area contributed by atoms with Crippen LogP contribution in [0.1, 0.15) is 101 Å². The van der Waals surface area contributed by atoms with Crippen molar-refractivity contribution in [3.8, 4) is 0 Å². The minimum atomic E-state index is -1.27. The van der Waals surface area contributed by atoms with Gasteiger partial charge in [-0.1, -0.05) is 25.0 Å². The largest absolute Gasteiger partial charge is 0.481 e. The zero-order chi connectivity index (χ0) is 40.3. The lowest BCUT2D eigenvalue weighted by Crippen LogP contribution is -2.49. The van der Waals surface area contributed by atoms with Crippen LogP contribution in [0.25, 0.3) is 0 Å². The van der Waals surface area contributed by atoms with Crippen LogP contribution in [0.3, 0.4) is 0 Å². The van der Waals surface area contributed by atoms with Crippen LogP contribution in [0.4, 0.5) is 4.79 Å². The molecule has 302 valence electrons. The highest BCUT2D eigenvalue weighted by Crippen LogP contribution is 2.12. The van der Waals surface area contributed by atoms with Crippen molar-refractivity contribution in [2.45, 2.75) is 121 Å². The quantitative estimate of drug-likeness (QED) is 0.0446. The zero-order valence-corrected chi connectivity index (χ0v) is 31.2. The summed E-state index contributed by atoms with van der Waals surface area (Å²) in [6.45, 7) is 2.30. The molecule has 17 nitrogen and oxygen atoms in total. The molecule has 0 aliphatic heterocycles. The summed E-state index contributed by atoms with van der Waals surface area (Å²) in [5.74, 6) is -3.95. The van der Waals surface area contributed by atoms with Crippen molar-refractivity contribution in [2.75, 3.05) is 13.1 Å². The highest BCUT2D eigenvalue weighted by molar-refractivity contribution is 5.84. The maximum absolute atomic E-state index is 12.5. The van der Waals surface area contributed by atoms with E-state index in [0.717, 1.165) is 17.8 Å². The number of unbranched alkanes of at least 4 members (excludes halogenated alkanes) is 5. The maximum atomic E-state index is 12.5. The molecule has 2 aromatic heterocycles. The summed E-state index contributed by atoms with van der Waals surface area (Å²) < 4.78 is 0. The van der Waals surface area contributed by atoms with Crippen molar-refractivity contribution < 1.29 is 48.9 Å². The van der Waals surface area contributed by atoms with E-state index in [-0.39, 0.29) is 43.9 Å². The second kappa shape index (κ2) is 27.2. The first-order chi connectivity index (χ1) is 26.5. The number of nitrogens with one attached hydrogen (secondary N) is 4. The molecule has 0 bridgehead atoms. The van der Waals surface area contributed by atoms with Crippen molar-refractivity contribution in [1.29, 1.82) is 0 Å².